The Balaban J connectivity index is 5.55. The van der Waals surface area contributed by atoms with E-state index < -0.39 is 39.8 Å². The maximum absolute atomic E-state index is 13.5. The first-order valence-electron chi connectivity index (χ1n) is 7.75. The van der Waals surface area contributed by atoms with E-state index in [1.165, 1.54) is 0 Å². The van der Waals surface area contributed by atoms with E-state index >= 15 is 0 Å². The molecule has 0 rings (SSSR count). The zero-order chi connectivity index (χ0) is 18.4. The van der Waals surface area contributed by atoms with Crippen molar-refractivity contribution in [1.82, 2.24) is 4.72 Å². The van der Waals surface area contributed by atoms with E-state index in [1.54, 1.807) is 34.6 Å². The summed E-state index contributed by atoms with van der Waals surface area (Å²) in [5.41, 5.74) is 0. The summed E-state index contributed by atoms with van der Waals surface area (Å²) in [6, 6.07) is -2.20. The van der Waals surface area contributed by atoms with Crippen molar-refractivity contribution in [2.24, 2.45) is 11.8 Å². The predicted molar refractivity (Wildman–Crippen MR) is 85.1 cm³/mol. The topological polar surface area (TPSA) is 55.4 Å². The van der Waals surface area contributed by atoms with Crippen molar-refractivity contribution in [2.75, 3.05) is 6.61 Å². The van der Waals surface area contributed by atoms with Crippen LogP contribution in [0.4, 0.5) is 13.2 Å². The zero-order valence-electron chi connectivity index (χ0n) is 14.6. The van der Waals surface area contributed by atoms with Gasteiger partial charge in [0, 0.05) is 0 Å². The van der Waals surface area contributed by atoms with Gasteiger partial charge in [0.15, 0.2) is 0 Å². The molecule has 0 saturated heterocycles. The van der Waals surface area contributed by atoms with Crippen molar-refractivity contribution in [3.63, 3.8) is 0 Å². The van der Waals surface area contributed by atoms with Crippen molar-refractivity contribution in [2.45, 2.75) is 71.3 Å². The van der Waals surface area contributed by atoms with Gasteiger partial charge in [-0.05, 0) is 40.0 Å². The molecule has 1 unspecified atom stereocenters. The highest BCUT2D eigenvalue weighted by atomic mass is 32.2. The Labute approximate surface area is 139 Å². The Morgan fingerprint density at radius 1 is 1.22 bits per heavy atom. The van der Waals surface area contributed by atoms with Gasteiger partial charge in [0.05, 0.1) is 28.3 Å². The van der Waals surface area contributed by atoms with Crippen LogP contribution in [0.3, 0.4) is 0 Å². The van der Waals surface area contributed by atoms with Crippen LogP contribution in [0, 0.1) is 11.8 Å². The van der Waals surface area contributed by atoms with E-state index in [9.17, 15) is 22.2 Å². The molecule has 0 aliphatic heterocycles. The second kappa shape index (κ2) is 9.01. The quantitative estimate of drug-likeness (QED) is 0.674. The lowest BCUT2D eigenvalue weighted by Crippen LogP contribution is -2.54. The Morgan fingerprint density at radius 2 is 1.74 bits per heavy atom. The maximum atomic E-state index is 13.5. The molecule has 0 fully saturated rings. The van der Waals surface area contributed by atoms with Crippen LogP contribution in [0.1, 0.15) is 54.4 Å². The van der Waals surface area contributed by atoms with E-state index in [0.29, 0.717) is 6.42 Å². The molecule has 23 heavy (non-hydrogen) atoms. The van der Waals surface area contributed by atoms with Crippen molar-refractivity contribution in [1.29, 1.82) is 0 Å². The average Bonchev–Trinajstić information content (AvgIpc) is 2.39. The van der Waals surface area contributed by atoms with E-state index in [1.807, 2.05) is 6.92 Å². The van der Waals surface area contributed by atoms with Gasteiger partial charge in [-0.25, -0.2) is 8.93 Å². The molecule has 8 heteroatoms. The normalized spacial score (nSPS) is 18.1. The van der Waals surface area contributed by atoms with Crippen molar-refractivity contribution in [3.8, 4) is 0 Å². The SMILES string of the molecule is CCOC(=O)[C@H](CC(C)CC)[C@@H](N[S@](=O)C(C)(C)C)C(F)(F)F. The molecule has 0 aromatic heterocycles. The lowest BCUT2D eigenvalue weighted by atomic mass is 9.88. The average molecular weight is 359 g/mol. The summed E-state index contributed by atoms with van der Waals surface area (Å²) in [6.45, 7) is 9.87. The molecular weight excluding hydrogens is 331 g/mol. The van der Waals surface area contributed by atoms with Crippen LogP contribution in [-0.4, -0.2) is 33.8 Å². The second-order valence-electron chi connectivity index (χ2n) is 6.63. The highest BCUT2D eigenvalue weighted by molar-refractivity contribution is 7.84. The van der Waals surface area contributed by atoms with Crippen LogP contribution >= 0.6 is 0 Å². The maximum Gasteiger partial charge on any atom is 0.405 e. The van der Waals surface area contributed by atoms with Gasteiger partial charge in [-0.2, -0.15) is 13.2 Å². The van der Waals surface area contributed by atoms with Crippen molar-refractivity contribution < 1.29 is 26.9 Å². The number of hydrogen-bond acceptors (Lipinski definition) is 3. The second-order valence-corrected chi connectivity index (χ2v) is 8.62. The fourth-order valence-electron chi connectivity index (χ4n) is 1.89. The van der Waals surface area contributed by atoms with Crippen molar-refractivity contribution in [3.05, 3.63) is 0 Å². The Bertz CT molecular complexity index is 408. The number of rotatable bonds is 8. The monoisotopic (exact) mass is 359 g/mol. The summed E-state index contributed by atoms with van der Waals surface area (Å²) >= 11 is 0. The summed E-state index contributed by atoms with van der Waals surface area (Å²) in [5.74, 6) is -2.41. The Morgan fingerprint density at radius 3 is 2.09 bits per heavy atom. The van der Waals surface area contributed by atoms with Crippen molar-refractivity contribution >= 4 is 17.0 Å². The molecule has 1 N–H and O–H groups in total. The summed E-state index contributed by atoms with van der Waals surface area (Å²) in [7, 11) is -1.95. The number of halogens is 3. The number of esters is 1. The number of hydrogen-bond donors (Lipinski definition) is 1. The molecule has 0 radical (unpaired) electrons. The first kappa shape index (κ1) is 22.4. The van der Waals surface area contributed by atoms with Gasteiger partial charge in [0.1, 0.15) is 6.04 Å². The van der Waals surface area contributed by atoms with Gasteiger partial charge < -0.3 is 4.74 Å². The van der Waals surface area contributed by atoms with E-state index in [-0.39, 0.29) is 18.9 Å². The largest absolute Gasteiger partial charge is 0.466 e. The number of carbonyl (C=O) groups excluding carboxylic acids is 1. The fourth-order valence-corrected chi connectivity index (χ4v) is 2.77. The van der Waals surface area contributed by atoms with Crippen LogP contribution in [0.15, 0.2) is 0 Å². The summed E-state index contributed by atoms with van der Waals surface area (Å²) in [6.07, 6.45) is -4.04. The molecule has 0 spiro atoms. The van der Waals surface area contributed by atoms with Gasteiger partial charge in [0.25, 0.3) is 0 Å². The molecule has 4 nitrogen and oxygen atoms in total. The third-order valence-corrected chi connectivity index (χ3v) is 5.07. The first-order chi connectivity index (χ1) is 10.3. The summed E-state index contributed by atoms with van der Waals surface area (Å²) in [4.78, 5) is 12.1. The molecule has 0 aliphatic rings. The molecule has 0 aliphatic carbocycles. The molecular formula is C15H28F3NO3S. The number of carbonyl (C=O) groups is 1. The Hall–Kier alpha value is -0.630. The molecule has 0 saturated carbocycles. The van der Waals surface area contributed by atoms with Gasteiger partial charge in [-0.15, -0.1) is 0 Å². The fraction of sp³-hybridized carbons (Fsp3) is 0.933. The molecule has 0 aromatic rings. The number of ether oxygens (including phenoxy) is 1. The van der Waals surface area contributed by atoms with Gasteiger partial charge in [0.2, 0.25) is 0 Å². The zero-order valence-corrected chi connectivity index (χ0v) is 15.4. The lowest BCUT2D eigenvalue weighted by Gasteiger charge is -2.31. The van der Waals surface area contributed by atoms with Crippen LogP contribution < -0.4 is 4.72 Å². The van der Waals surface area contributed by atoms with E-state index in [2.05, 4.69) is 4.72 Å². The molecule has 4 atom stereocenters. The predicted octanol–water partition coefficient (Wildman–Crippen LogP) is 3.58. The molecule has 0 bridgehead atoms. The highest BCUT2D eigenvalue weighted by Gasteiger charge is 2.49. The smallest absolute Gasteiger partial charge is 0.405 e. The minimum Gasteiger partial charge on any atom is -0.466 e. The number of nitrogens with one attached hydrogen (secondary N) is 1. The molecule has 0 heterocycles. The van der Waals surface area contributed by atoms with Crippen LogP contribution in [0.2, 0.25) is 0 Å². The standard InChI is InChI=1S/C15H28F3NO3S/c1-7-10(3)9-11(13(20)22-8-2)12(15(16,17)18)19-23(21)14(4,5)6/h10-12,19H,7-9H2,1-6H3/t10?,11-,12-,23-/m1/s1. The van der Waals surface area contributed by atoms with E-state index in [0.717, 1.165) is 0 Å². The van der Waals surface area contributed by atoms with Gasteiger partial charge >= 0.3 is 12.1 Å². The third kappa shape index (κ3) is 7.65. The minimum absolute atomic E-state index is 0.00275. The summed E-state index contributed by atoms with van der Waals surface area (Å²) < 4.78 is 58.6. The molecule has 0 amide bonds. The van der Waals surface area contributed by atoms with Crippen LogP contribution in [0.5, 0.6) is 0 Å². The van der Waals surface area contributed by atoms with E-state index in [4.69, 9.17) is 4.74 Å². The first-order valence-corrected chi connectivity index (χ1v) is 8.90. The summed E-state index contributed by atoms with van der Waals surface area (Å²) in [5, 5.41) is 0. The van der Waals surface area contributed by atoms with Gasteiger partial charge in [-0.3, -0.25) is 4.79 Å². The molecule has 138 valence electrons. The Kier molecular flexibility index (Phi) is 8.76. The number of alkyl halides is 3. The lowest BCUT2D eigenvalue weighted by molar-refractivity contribution is -0.180. The van der Waals surface area contributed by atoms with Crippen LogP contribution in [0.25, 0.3) is 0 Å². The third-order valence-electron chi connectivity index (χ3n) is 3.49. The van der Waals surface area contributed by atoms with Gasteiger partial charge in [-0.1, -0.05) is 20.3 Å². The minimum atomic E-state index is -4.70. The molecule has 0 aromatic carbocycles. The van der Waals surface area contributed by atoms with Crippen LogP contribution in [-0.2, 0) is 20.5 Å². The highest BCUT2D eigenvalue weighted by Crippen LogP contribution is 2.32.